The summed E-state index contributed by atoms with van der Waals surface area (Å²) in [5.41, 5.74) is -0.313. The molecule has 0 aliphatic rings. The first-order chi connectivity index (χ1) is 7.15. The number of rotatable bonds is 5. The van der Waals surface area contributed by atoms with Crippen LogP contribution >= 0.6 is 23.4 Å². The Kier molecular flexibility index (Phi) is 4.98. The Labute approximate surface area is 97.8 Å². The first kappa shape index (κ1) is 12.4. The van der Waals surface area contributed by atoms with Crippen LogP contribution in [0, 0.1) is 0 Å². The van der Waals surface area contributed by atoms with Crippen LogP contribution in [0.2, 0.25) is 5.02 Å². The summed E-state index contributed by atoms with van der Waals surface area (Å²) in [7, 11) is 0. The summed E-state index contributed by atoms with van der Waals surface area (Å²) in [6.07, 6.45) is 4.42. The van der Waals surface area contributed by atoms with Crippen LogP contribution in [0.1, 0.15) is 13.3 Å². The average molecular weight is 248 g/mol. The average Bonchev–Trinajstić information content (AvgIpc) is 2.24. The molecule has 4 nitrogen and oxygen atoms in total. The number of H-pyrrole nitrogens is 1. The van der Waals surface area contributed by atoms with E-state index in [0.29, 0.717) is 11.1 Å². The molecule has 6 heteroatoms. The van der Waals surface area contributed by atoms with Crippen LogP contribution in [0.25, 0.3) is 0 Å². The van der Waals surface area contributed by atoms with Crippen LogP contribution in [0.3, 0.4) is 0 Å². The lowest BCUT2D eigenvalue weighted by Crippen LogP contribution is -2.14. The maximum absolute atomic E-state index is 11.1. The number of hydrogen-bond donors (Lipinski definition) is 2. The highest BCUT2D eigenvalue weighted by molar-refractivity contribution is 7.99. The second kappa shape index (κ2) is 6.02. The van der Waals surface area contributed by atoms with Crippen molar-refractivity contribution >= 4 is 29.2 Å². The molecule has 0 aliphatic heterocycles. The molecule has 0 bridgehead atoms. The Morgan fingerprint density at radius 3 is 3.13 bits per heavy atom. The third-order valence-electron chi connectivity index (χ3n) is 2.04. The van der Waals surface area contributed by atoms with Gasteiger partial charge in [0.25, 0.3) is 5.56 Å². The van der Waals surface area contributed by atoms with E-state index >= 15 is 0 Å². The predicted molar refractivity (Wildman–Crippen MR) is 66.0 cm³/mol. The van der Waals surface area contributed by atoms with Gasteiger partial charge < -0.3 is 10.3 Å². The molecule has 2 N–H and O–H groups in total. The Morgan fingerprint density at radius 2 is 2.47 bits per heavy atom. The van der Waals surface area contributed by atoms with Crippen molar-refractivity contribution in [2.24, 2.45) is 0 Å². The van der Waals surface area contributed by atoms with Gasteiger partial charge in [-0.1, -0.05) is 18.5 Å². The number of aromatic nitrogens is 2. The molecule has 0 radical (unpaired) electrons. The van der Waals surface area contributed by atoms with Crippen molar-refractivity contribution in [1.29, 1.82) is 0 Å². The van der Waals surface area contributed by atoms with Gasteiger partial charge in [-0.25, -0.2) is 4.98 Å². The highest BCUT2D eigenvalue weighted by Crippen LogP contribution is 2.13. The van der Waals surface area contributed by atoms with E-state index in [9.17, 15) is 4.79 Å². The van der Waals surface area contributed by atoms with Crippen molar-refractivity contribution in [2.75, 3.05) is 18.1 Å². The highest BCUT2D eigenvalue weighted by atomic mass is 35.5. The van der Waals surface area contributed by atoms with E-state index in [4.69, 9.17) is 11.6 Å². The molecule has 15 heavy (non-hydrogen) atoms. The van der Waals surface area contributed by atoms with Gasteiger partial charge in [-0.05, 0) is 12.7 Å². The highest BCUT2D eigenvalue weighted by Gasteiger charge is 2.05. The first-order valence-electron chi connectivity index (χ1n) is 4.65. The van der Waals surface area contributed by atoms with Crippen LogP contribution in [-0.2, 0) is 0 Å². The molecule has 0 amide bonds. The minimum Gasteiger partial charge on any atom is -0.369 e. The van der Waals surface area contributed by atoms with Crippen molar-refractivity contribution < 1.29 is 0 Å². The van der Waals surface area contributed by atoms with E-state index in [1.165, 1.54) is 6.33 Å². The van der Waals surface area contributed by atoms with Gasteiger partial charge in [0, 0.05) is 11.8 Å². The van der Waals surface area contributed by atoms with Gasteiger partial charge in [-0.3, -0.25) is 4.79 Å². The molecule has 0 saturated heterocycles. The van der Waals surface area contributed by atoms with E-state index in [0.717, 1.165) is 13.0 Å². The van der Waals surface area contributed by atoms with Gasteiger partial charge in [0.2, 0.25) is 0 Å². The summed E-state index contributed by atoms with van der Waals surface area (Å²) in [6, 6.07) is 0. The number of nitrogens with zero attached hydrogens (tertiary/aromatic N) is 1. The monoisotopic (exact) mass is 247 g/mol. The molecule has 1 atom stereocenters. The van der Waals surface area contributed by atoms with Gasteiger partial charge in [-0.15, -0.1) is 0 Å². The Bertz CT molecular complexity index is 369. The molecule has 0 saturated carbocycles. The molecule has 0 spiro atoms. The molecule has 1 aromatic rings. The van der Waals surface area contributed by atoms with Gasteiger partial charge in [-0.2, -0.15) is 11.8 Å². The van der Waals surface area contributed by atoms with E-state index in [-0.39, 0.29) is 10.6 Å². The SMILES string of the molecule is CSC(C)CCNc1nc[nH]c(=O)c1Cl. The van der Waals surface area contributed by atoms with Crippen molar-refractivity contribution in [1.82, 2.24) is 9.97 Å². The second-order valence-corrected chi connectivity index (χ2v) is 4.81. The minimum absolute atomic E-state index is 0.120. The normalized spacial score (nSPS) is 12.5. The van der Waals surface area contributed by atoms with Gasteiger partial charge in [0.1, 0.15) is 5.02 Å². The van der Waals surface area contributed by atoms with Crippen LogP contribution < -0.4 is 10.9 Å². The van der Waals surface area contributed by atoms with Crippen LogP contribution in [-0.4, -0.2) is 28.0 Å². The van der Waals surface area contributed by atoms with Gasteiger partial charge >= 0.3 is 0 Å². The quantitative estimate of drug-likeness (QED) is 0.836. The number of aromatic amines is 1. The fourth-order valence-corrected chi connectivity index (χ4v) is 1.54. The zero-order valence-corrected chi connectivity index (χ0v) is 10.3. The zero-order valence-electron chi connectivity index (χ0n) is 8.71. The fraction of sp³-hybridized carbons (Fsp3) is 0.556. The number of halogens is 1. The molecule has 0 fully saturated rings. The summed E-state index contributed by atoms with van der Waals surface area (Å²) in [5.74, 6) is 0.453. The van der Waals surface area contributed by atoms with Crippen molar-refractivity contribution in [3.05, 3.63) is 21.7 Å². The van der Waals surface area contributed by atoms with E-state index < -0.39 is 0 Å². The maximum Gasteiger partial charge on any atom is 0.271 e. The van der Waals surface area contributed by atoms with Crippen LogP contribution in [0.5, 0.6) is 0 Å². The summed E-state index contributed by atoms with van der Waals surface area (Å²) >= 11 is 7.57. The number of nitrogens with one attached hydrogen (secondary N) is 2. The van der Waals surface area contributed by atoms with E-state index in [1.54, 1.807) is 11.8 Å². The molecule has 1 heterocycles. The predicted octanol–water partition coefficient (Wildman–Crippen LogP) is 1.98. The molecular weight excluding hydrogens is 234 g/mol. The van der Waals surface area contributed by atoms with Gasteiger partial charge in [0.05, 0.1) is 6.33 Å². The molecule has 1 unspecified atom stereocenters. The lowest BCUT2D eigenvalue weighted by molar-refractivity contribution is 0.848. The van der Waals surface area contributed by atoms with Crippen LogP contribution in [0.4, 0.5) is 5.82 Å². The molecule has 0 aromatic carbocycles. The molecule has 0 aliphatic carbocycles. The Hall–Kier alpha value is -0.680. The van der Waals surface area contributed by atoms with Crippen molar-refractivity contribution in [2.45, 2.75) is 18.6 Å². The molecule has 84 valence electrons. The fourth-order valence-electron chi connectivity index (χ4n) is 1.02. The number of thioether (sulfide) groups is 1. The van der Waals surface area contributed by atoms with E-state index in [2.05, 4.69) is 28.5 Å². The molecule has 1 rings (SSSR count). The molecule has 1 aromatic heterocycles. The lowest BCUT2D eigenvalue weighted by Gasteiger charge is -2.09. The number of hydrogen-bond acceptors (Lipinski definition) is 4. The summed E-state index contributed by atoms with van der Waals surface area (Å²) in [5, 5.41) is 3.74. The zero-order chi connectivity index (χ0) is 11.3. The third kappa shape index (κ3) is 3.76. The maximum atomic E-state index is 11.1. The second-order valence-electron chi connectivity index (χ2n) is 3.16. The molecular formula is C9H14ClN3OS. The largest absolute Gasteiger partial charge is 0.369 e. The minimum atomic E-state index is -0.313. The smallest absolute Gasteiger partial charge is 0.271 e. The first-order valence-corrected chi connectivity index (χ1v) is 6.31. The topological polar surface area (TPSA) is 57.8 Å². The van der Waals surface area contributed by atoms with Crippen molar-refractivity contribution in [3.63, 3.8) is 0 Å². The number of anilines is 1. The summed E-state index contributed by atoms with van der Waals surface area (Å²) in [6.45, 7) is 2.91. The van der Waals surface area contributed by atoms with Crippen LogP contribution in [0.15, 0.2) is 11.1 Å². The standard InChI is InChI=1S/C9H14ClN3OS/c1-6(15-2)3-4-11-8-7(10)9(14)13-5-12-8/h5-6H,3-4H2,1-2H3,(H2,11,12,13,14). The lowest BCUT2D eigenvalue weighted by atomic mass is 10.3. The summed E-state index contributed by atoms with van der Waals surface area (Å²) < 4.78 is 0. The van der Waals surface area contributed by atoms with Gasteiger partial charge in [0.15, 0.2) is 5.82 Å². The Balaban J connectivity index is 2.51. The summed E-state index contributed by atoms with van der Waals surface area (Å²) in [4.78, 5) is 17.5. The van der Waals surface area contributed by atoms with Crippen molar-refractivity contribution in [3.8, 4) is 0 Å². The third-order valence-corrected chi connectivity index (χ3v) is 3.43. The van der Waals surface area contributed by atoms with E-state index in [1.807, 2.05) is 0 Å². The Morgan fingerprint density at radius 1 is 1.73 bits per heavy atom.